The molecule has 4 nitrogen and oxygen atoms in total. The zero-order valence-corrected chi connectivity index (χ0v) is 12.9. The fraction of sp³-hybridized carbons (Fsp3) is 0.143. The standard InChI is InChI=1S/C14H9F6NO3S/c15-9-6-5-8(12(16)13(9)17)7-21-25(22,23)11-4-2-1-3-10(11)24-14(18,19)20/h1-6,21H,7H2. The van der Waals surface area contributed by atoms with Crippen molar-refractivity contribution in [2.45, 2.75) is 17.8 Å². The molecule has 0 radical (unpaired) electrons. The van der Waals surface area contributed by atoms with Gasteiger partial charge in [-0.15, -0.1) is 13.2 Å². The van der Waals surface area contributed by atoms with Crippen LogP contribution >= 0.6 is 0 Å². The van der Waals surface area contributed by atoms with Crippen LogP contribution in [0.3, 0.4) is 0 Å². The summed E-state index contributed by atoms with van der Waals surface area (Å²) in [6.07, 6.45) is -5.13. The van der Waals surface area contributed by atoms with E-state index in [2.05, 4.69) is 4.74 Å². The summed E-state index contributed by atoms with van der Waals surface area (Å²) >= 11 is 0. The average Bonchev–Trinajstić information content (AvgIpc) is 2.51. The Morgan fingerprint density at radius 1 is 0.960 bits per heavy atom. The zero-order valence-electron chi connectivity index (χ0n) is 12.1. The van der Waals surface area contributed by atoms with Gasteiger partial charge in [-0.05, 0) is 18.2 Å². The molecule has 0 saturated carbocycles. The zero-order chi connectivity index (χ0) is 18.8. The molecule has 0 amide bonds. The summed E-state index contributed by atoms with van der Waals surface area (Å²) in [5.74, 6) is -5.86. The first-order chi connectivity index (χ1) is 11.5. The van der Waals surface area contributed by atoms with E-state index in [1.807, 2.05) is 0 Å². The summed E-state index contributed by atoms with van der Waals surface area (Å²) in [6, 6.07) is 5.27. The molecule has 25 heavy (non-hydrogen) atoms. The van der Waals surface area contributed by atoms with Gasteiger partial charge in [0.25, 0.3) is 0 Å². The summed E-state index contributed by atoms with van der Waals surface area (Å²) in [5.41, 5.74) is -0.531. The number of halogens is 6. The van der Waals surface area contributed by atoms with Crippen LogP contribution in [0, 0.1) is 17.5 Å². The van der Waals surface area contributed by atoms with Crippen molar-refractivity contribution in [1.82, 2.24) is 4.72 Å². The highest BCUT2D eigenvalue weighted by Crippen LogP contribution is 2.29. The summed E-state index contributed by atoms with van der Waals surface area (Å²) in [6.45, 7) is -0.814. The Balaban J connectivity index is 2.28. The van der Waals surface area contributed by atoms with Crippen molar-refractivity contribution in [3.8, 4) is 5.75 Å². The third-order valence-corrected chi connectivity index (χ3v) is 4.37. The molecule has 0 fully saturated rings. The van der Waals surface area contributed by atoms with E-state index in [4.69, 9.17) is 0 Å². The lowest BCUT2D eigenvalue weighted by molar-refractivity contribution is -0.275. The lowest BCUT2D eigenvalue weighted by Crippen LogP contribution is -2.26. The molecule has 0 bridgehead atoms. The van der Waals surface area contributed by atoms with Gasteiger partial charge in [-0.3, -0.25) is 0 Å². The number of rotatable bonds is 5. The first-order valence-corrected chi connectivity index (χ1v) is 7.96. The molecule has 0 aromatic heterocycles. The maximum atomic E-state index is 13.5. The van der Waals surface area contributed by atoms with Crippen molar-refractivity contribution in [3.05, 3.63) is 59.4 Å². The molecule has 136 valence electrons. The van der Waals surface area contributed by atoms with Gasteiger partial charge in [0.05, 0.1) is 0 Å². The van der Waals surface area contributed by atoms with Crippen LogP contribution in [-0.4, -0.2) is 14.8 Å². The SMILES string of the molecule is O=S(=O)(NCc1ccc(F)c(F)c1F)c1ccccc1OC(F)(F)F. The summed E-state index contributed by atoms with van der Waals surface area (Å²) in [7, 11) is -4.56. The Bertz CT molecular complexity index is 883. The topological polar surface area (TPSA) is 55.4 Å². The number of para-hydroxylation sites is 1. The van der Waals surface area contributed by atoms with Crippen molar-refractivity contribution < 1.29 is 39.5 Å². The Labute approximate surface area is 138 Å². The number of sulfonamides is 1. The molecule has 2 aromatic carbocycles. The number of alkyl halides is 3. The van der Waals surface area contributed by atoms with Crippen molar-refractivity contribution >= 4 is 10.0 Å². The number of ether oxygens (including phenoxy) is 1. The van der Waals surface area contributed by atoms with Gasteiger partial charge in [-0.25, -0.2) is 26.3 Å². The molecule has 1 N–H and O–H groups in total. The third kappa shape index (κ3) is 4.63. The van der Waals surface area contributed by atoms with Crippen LogP contribution in [0.1, 0.15) is 5.56 Å². The Morgan fingerprint density at radius 2 is 1.60 bits per heavy atom. The fourth-order valence-corrected chi connectivity index (χ4v) is 2.97. The fourth-order valence-electron chi connectivity index (χ4n) is 1.83. The summed E-state index contributed by atoms with van der Waals surface area (Å²) < 4.78 is 106. The van der Waals surface area contributed by atoms with Gasteiger partial charge in [0.1, 0.15) is 10.6 Å². The Kier molecular flexibility index (Phi) is 5.28. The van der Waals surface area contributed by atoms with Gasteiger partial charge < -0.3 is 4.74 Å². The minimum Gasteiger partial charge on any atom is -0.404 e. The van der Waals surface area contributed by atoms with Gasteiger partial charge in [0.2, 0.25) is 10.0 Å². The predicted molar refractivity (Wildman–Crippen MR) is 73.5 cm³/mol. The Hall–Kier alpha value is -2.27. The van der Waals surface area contributed by atoms with Crippen LogP contribution in [-0.2, 0) is 16.6 Å². The van der Waals surface area contributed by atoms with Gasteiger partial charge in [-0.2, -0.15) is 0 Å². The second kappa shape index (κ2) is 6.92. The van der Waals surface area contributed by atoms with Crippen LogP contribution in [0.5, 0.6) is 5.75 Å². The van der Waals surface area contributed by atoms with Gasteiger partial charge in [0.15, 0.2) is 17.5 Å². The first-order valence-electron chi connectivity index (χ1n) is 6.48. The Morgan fingerprint density at radius 3 is 2.24 bits per heavy atom. The first kappa shape index (κ1) is 19.1. The molecule has 11 heteroatoms. The molecule has 0 unspecified atom stereocenters. The van der Waals surface area contributed by atoms with E-state index in [0.29, 0.717) is 6.07 Å². The third-order valence-electron chi connectivity index (χ3n) is 2.93. The molecule has 0 spiro atoms. The molecular weight excluding hydrogens is 376 g/mol. The lowest BCUT2D eigenvalue weighted by atomic mass is 10.2. The van der Waals surface area contributed by atoms with E-state index < -0.39 is 56.6 Å². The number of hydrogen-bond acceptors (Lipinski definition) is 3. The molecule has 0 atom stereocenters. The highest BCUT2D eigenvalue weighted by Gasteiger charge is 2.34. The van der Waals surface area contributed by atoms with Gasteiger partial charge >= 0.3 is 6.36 Å². The van der Waals surface area contributed by atoms with E-state index in [1.165, 1.54) is 0 Å². The average molecular weight is 385 g/mol. The molecule has 2 aromatic rings. The maximum absolute atomic E-state index is 13.5. The molecule has 0 heterocycles. The van der Waals surface area contributed by atoms with E-state index in [0.717, 1.165) is 30.3 Å². The minimum absolute atomic E-state index is 0.531. The summed E-state index contributed by atoms with van der Waals surface area (Å²) in [4.78, 5) is -0.852. The van der Waals surface area contributed by atoms with Crippen molar-refractivity contribution in [2.24, 2.45) is 0 Å². The quantitative estimate of drug-likeness (QED) is 0.633. The molecule has 0 aliphatic heterocycles. The molecular formula is C14H9F6NO3S. The maximum Gasteiger partial charge on any atom is 0.573 e. The minimum atomic E-state index is -5.13. The lowest BCUT2D eigenvalue weighted by Gasteiger charge is -2.14. The highest BCUT2D eigenvalue weighted by atomic mass is 32.2. The largest absolute Gasteiger partial charge is 0.573 e. The van der Waals surface area contributed by atoms with E-state index in [9.17, 15) is 34.8 Å². The van der Waals surface area contributed by atoms with Crippen LogP contribution in [0.15, 0.2) is 41.3 Å². The monoisotopic (exact) mass is 385 g/mol. The number of nitrogens with one attached hydrogen (secondary N) is 1. The van der Waals surface area contributed by atoms with Crippen LogP contribution in [0.4, 0.5) is 26.3 Å². The van der Waals surface area contributed by atoms with Crippen molar-refractivity contribution in [1.29, 1.82) is 0 Å². The van der Waals surface area contributed by atoms with Crippen LogP contribution in [0.25, 0.3) is 0 Å². The molecule has 0 saturated heterocycles. The van der Waals surface area contributed by atoms with E-state index in [-0.39, 0.29) is 0 Å². The van der Waals surface area contributed by atoms with E-state index >= 15 is 0 Å². The highest BCUT2D eigenvalue weighted by molar-refractivity contribution is 7.89. The predicted octanol–water partition coefficient (Wildman–Crippen LogP) is 3.48. The van der Waals surface area contributed by atoms with Gasteiger partial charge in [-0.1, -0.05) is 18.2 Å². The summed E-state index contributed by atoms with van der Waals surface area (Å²) in [5, 5.41) is 0. The van der Waals surface area contributed by atoms with Crippen LogP contribution in [0.2, 0.25) is 0 Å². The second-order valence-electron chi connectivity index (χ2n) is 4.65. The van der Waals surface area contributed by atoms with E-state index in [1.54, 1.807) is 4.72 Å². The molecule has 0 aliphatic carbocycles. The van der Waals surface area contributed by atoms with Gasteiger partial charge in [0, 0.05) is 12.1 Å². The van der Waals surface area contributed by atoms with Crippen molar-refractivity contribution in [2.75, 3.05) is 0 Å². The number of benzene rings is 2. The second-order valence-corrected chi connectivity index (χ2v) is 6.39. The van der Waals surface area contributed by atoms with Crippen LogP contribution < -0.4 is 9.46 Å². The smallest absolute Gasteiger partial charge is 0.404 e. The normalized spacial score (nSPS) is 12.2. The van der Waals surface area contributed by atoms with Crippen molar-refractivity contribution in [3.63, 3.8) is 0 Å². The number of hydrogen-bond donors (Lipinski definition) is 1. The molecule has 0 aliphatic rings. The molecule has 2 rings (SSSR count).